The van der Waals surface area contributed by atoms with E-state index in [1.54, 1.807) is 0 Å². The second kappa shape index (κ2) is 3.20. The first kappa shape index (κ1) is 8.11. The van der Waals surface area contributed by atoms with Gasteiger partial charge in [0.25, 0.3) is 0 Å². The van der Waals surface area contributed by atoms with Crippen LogP contribution in [0.4, 0.5) is 0 Å². The molecule has 0 spiro atoms. The van der Waals surface area contributed by atoms with Crippen LogP contribution in [0, 0.1) is 11.3 Å². The molecule has 0 unspecified atom stereocenters. The van der Waals surface area contributed by atoms with E-state index in [9.17, 15) is 0 Å². The Morgan fingerprint density at radius 3 is 2.12 bits per heavy atom. The molecule has 8 heavy (non-hydrogen) atoms. The van der Waals surface area contributed by atoms with Crippen LogP contribution in [0.3, 0.4) is 0 Å². The van der Waals surface area contributed by atoms with Crippen molar-refractivity contribution in [1.29, 1.82) is 5.41 Å². The molecule has 1 fully saturated rings. The van der Waals surface area contributed by atoms with E-state index in [-0.39, 0.29) is 12.4 Å². The molecule has 1 saturated heterocycles. The van der Waals surface area contributed by atoms with E-state index in [0.29, 0.717) is 11.8 Å². The molecule has 4 heteroatoms. The average molecular weight is 153 g/mol. The van der Waals surface area contributed by atoms with Crippen LogP contribution in [-0.2, 0) is 0 Å². The highest BCUT2D eigenvalue weighted by Crippen LogP contribution is 2.23. The zero-order chi connectivity index (χ0) is 5.28. The molecule has 0 aromatic carbocycles. The molecular formula is C4H9ClN2S. The van der Waals surface area contributed by atoms with Crippen molar-refractivity contribution >= 4 is 30.0 Å². The van der Waals surface area contributed by atoms with Crippen LogP contribution < -0.4 is 5.73 Å². The maximum Gasteiger partial charge on any atom is 0.0953 e. The van der Waals surface area contributed by atoms with Gasteiger partial charge in [0.15, 0.2) is 0 Å². The Labute approximate surface area is 59.1 Å². The lowest BCUT2D eigenvalue weighted by Gasteiger charge is -2.22. The van der Waals surface area contributed by atoms with Crippen LogP contribution in [0.5, 0.6) is 0 Å². The average Bonchev–Trinajstić information content (AvgIpc) is 1.23. The van der Waals surface area contributed by atoms with Gasteiger partial charge in [-0.05, 0) is 0 Å². The minimum Gasteiger partial charge on any atom is -0.387 e. The summed E-state index contributed by atoms with van der Waals surface area (Å²) >= 11 is 1.85. The molecule has 1 aliphatic heterocycles. The summed E-state index contributed by atoms with van der Waals surface area (Å²) in [7, 11) is 0. The van der Waals surface area contributed by atoms with Crippen LogP contribution in [0.15, 0.2) is 0 Å². The lowest BCUT2D eigenvalue weighted by atomic mass is 10.2. The van der Waals surface area contributed by atoms with Crippen molar-refractivity contribution in [3.05, 3.63) is 0 Å². The van der Waals surface area contributed by atoms with Crippen molar-refractivity contribution in [1.82, 2.24) is 0 Å². The van der Waals surface area contributed by atoms with Crippen molar-refractivity contribution in [3.63, 3.8) is 0 Å². The maximum absolute atomic E-state index is 6.92. The van der Waals surface area contributed by atoms with Crippen LogP contribution >= 0.6 is 24.2 Å². The molecule has 0 aromatic rings. The van der Waals surface area contributed by atoms with Gasteiger partial charge in [0.1, 0.15) is 0 Å². The number of hydrogen-bond acceptors (Lipinski definition) is 2. The minimum absolute atomic E-state index is 0. The quantitative estimate of drug-likeness (QED) is 0.430. The fourth-order valence-electron chi connectivity index (χ4n) is 0.415. The van der Waals surface area contributed by atoms with Crippen LogP contribution in [0.25, 0.3) is 0 Å². The predicted molar refractivity (Wildman–Crippen MR) is 40.0 cm³/mol. The zero-order valence-corrected chi connectivity index (χ0v) is 6.02. The monoisotopic (exact) mass is 152 g/mol. The Balaban J connectivity index is 0.000000490. The zero-order valence-electron chi connectivity index (χ0n) is 4.39. The fourth-order valence-corrected chi connectivity index (χ4v) is 1.25. The molecular weight excluding hydrogens is 144 g/mol. The summed E-state index contributed by atoms with van der Waals surface area (Å²) in [5.74, 6) is 2.90. The van der Waals surface area contributed by atoms with Gasteiger partial charge in [-0.3, -0.25) is 5.41 Å². The molecule has 0 atom stereocenters. The number of nitrogens with one attached hydrogen (secondary N) is 1. The van der Waals surface area contributed by atoms with Crippen molar-refractivity contribution < 1.29 is 0 Å². The van der Waals surface area contributed by atoms with E-state index in [0.717, 1.165) is 11.5 Å². The van der Waals surface area contributed by atoms with Gasteiger partial charge in [-0.25, -0.2) is 0 Å². The third-order valence-corrected chi connectivity index (χ3v) is 2.35. The Kier molecular flexibility index (Phi) is 3.24. The Bertz CT molecular complexity index is 92.0. The molecule has 1 aliphatic rings. The van der Waals surface area contributed by atoms with E-state index < -0.39 is 0 Å². The molecule has 1 heterocycles. The summed E-state index contributed by atoms with van der Waals surface area (Å²) < 4.78 is 0. The molecule has 48 valence electrons. The summed E-state index contributed by atoms with van der Waals surface area (Å²) in [4.78, 5) is 0. The van der Waals surface area contributed by atoms with Crippen molar-refractivity contribution in [2.75, 3.05) is 11.5 Å². The van der Waals surface area contributed by atoms with Gasteiger partial charge in [0.05, 0.1) is 5.84 Å². The van der Waals surface area contributed by atoms with Gasteiger partial charge in [0.2, 0.25) is 0 Å². The summed E-state index contributed by atoms with van der Waals surface area (Å²) in [6, 6.07) is 0. The van der Waals surface area contributed by atoms with E-state index in [2.05, 4.69) is 0 Å². The number of amidine groups is 1. The van der Waals surface area contributed by atoms with Crippen LogP contribution in [0.1, 0.15) is 0 Å². The van der Waals surface area contributed by atoms with Gasteiger partial charge in [-0.15, -0.1) is 12.4 Å². The second-order valence-electron chi connectivity index (χ2n) is 1.69. The molecule has 3 N–H and O–H groups in total. The number of thioether (sulfide) groups is 1. The molecule has 0 aromatic heterocycles. The Morgan fingerprint density at radius 2 is 2.12 bits per heavy atom. The van der Waals surface area contributed by atoms with Gasteiger partial charge in [0, 0.05) is 17.4 Å². The Morgan fingerprint density at radius 1 is 1.62 bits per heavy atom. The SMILES string of the molecule is Cl.N=C(N)C1CSC1. The molecule has 0 aliphatic carbocycles. The van der Waals surface area contributed by atoms with Crippen molar-refractivity contribution in [3.8, 4) is 0 Å². The lowest BCUT2D eigenvalue weighted by Crippen LogP contribution is -2.32. The first-order valence-corrected chi connectivity index (χ1v) is 3.38. The minimum atomic E-state index is 0. The van der Waals surface area contributed by atoms with Gasteiger partial charge < -0.3 is 5.73 Å². The molecule has 2 nitrogen and oxygen atoms in total. The number of rotatable bonds is 1. The van der Waals surface area contributed by atoms with Crippen LogP contribution in [0.2, 0.25) is 0 Å². The standard InChI is InChI=1S/C4H8N2S.ClH/c5-4(6)3-1-7-2-3;/h3H,1-2H2,(H3,5,6);1H. The van der Waals surface area contributed by atoms with Gasteiger partial charge in [-0.2, -0.15) is 11.8 Å². The smallest absolute Gasteiger partial charge is 0.0953 e. The second-order valence-corrected chi connectivity index (χ2v) is 2.76. The molecule has 1 rings (SSSR count). The normalized spacial score (nSPS) is 18.5. The van der Waals surface area contributed by atoms with Gasteiger partial charge >= 0.3 is 0 Å². The highest BCUT2D eigenvalue weighted by molar-refractivity contribution is 8.00. The summed E-state index contributed by atoms with van der Waals surface area (Å²) in [6.45, 7) is 0. The number of hydrogen-bond donors (Lipinski definition) is 2. The van der Waals surface area contributed by atoms with Crippen molar-refractivity contribution in [2.45, 2.75) is 0 Å². The fraction of sp³-hybridized carbons (Fsp3) is 0.750. The molecule has 0 amide bonds. The third-order valence-electron chi connectivity index (χ3n) is 1.08. The van der Waals surface area contributed by atoms with E-state index in [1.807, 2.05) is 11.8 Å². The van der Waals surface area contributed by atoms with Crippen LogP contribution in [-0.4, -0.2) is 17.3 Å². The van der Waals surface area contributed by atoms with E-state index in [1.165, 1.54) is 0 Å². The van der Waals surface area contributed by atoms with E-state index in [4.69, 9.17) is 11.1 Å². The lowest BCUT2D eigenvalue weighted by molar-refractivity contribution is 0.847. The molecule has 0 bridgehead atoms. The predicted octanol–water partition coefficient (Wildman–Crippen LogP) is 0.707. The third kappa shape index (κ3) is 1.56. The molecule has 0 saturated carbocycles. The first-order chi connectivity index (χ1) is 3.30. The Hall–Kier alpha value is 0.110. The summed E-state index contributed by atoms with van der Waals surface area (Å²) in [6.07, 6.45) is 0. The number of halogens is 1. The van der Waals surface area contributed by atoms with Gasteiger partial charge in [-0.1, -0.05) is 0 Å². The summed E-state index contributed by atoms with van der Waals surface area (Å²) in [5.41, 5.74) is 5.17. The first-order valence-electron chi connectivity index (χ1n) is 2.22. The van der Waals surface area contributed by atoms with E-state index >= 15 is 0 Å². The largest absolute Gasteiger partial charge is 0.387 e. The summed E-state index contributed by atoms with van der Waals surface area (Å²) in [5, 5.41) is 6.92. The highest BCUT2D eigenvalue weighted by atomic mass is 35.5. The number of nitrogens with two attached hydrogens (primary N) is 1. The topological polar surface area (TPSA) is 49.9 Å². The van der Waals surface area contributed by atoms with Crippen molar-refractivity contribution in [2.24, 2.45) is 11.7 Å². The maximum atomic E-state index is 6.92. The molecule has 0 radical (unpaired) electrons. The highest BCUT2D eigenvalue weighted by Gasteiger charge is 2.19.